The van der Waals surface area contributed by atoms with Crippen molar-refractivity contribution in [3.05, 3.63) is 0 Å². The van der Waals surface area contributed by atoms with E-state index in [1.165, 1.54) is 38.5 Å². The molecule has 1 unspecified atom stereocenters. The minimum Gasteiger partial charge on any atom is -0.352 e. The molecule has 0 heterocycles. The summed E-state index contributed by atoms with van der Waals surface area (Å²) in [6.07, 6.45) is 8.34. The fraction of sp³-hybridized carbons (Fsp3) is 0.929. The Morgan fingerprint density at radius 2 is 1.72 bits per heavy atom. The smallest absolute Gasteiger partial charge is 0.235 e. The van der Waals surface area contributed by atoms with Gasteiger partial charge in [0.1, 0.15) is 0 Å². The van der Waals surface area contributed by atoms with Gasteiger partial charge in [-0.25, -0.2) is 0 Å². The lowest BCUT2D eigenvalue weighted by Crippen LogP contribution is -2.56. The highest BCUT2D eigenvalue weighted by atomic mass is 16.2. The van der Waals surface area contributed by atoms with E-state index in [0.717, 1.165) is 17.8 Å². The highest BCUT2D eigenvalue weighted by molar-refractivity contribution is 5.78. The van der Waals surface area contributed by atoms with Gasteiger partial charge in [-0.1, -0.05) is 0 Å². The quantitative estimate of drug-likeness (QED) is 0.519. The van der Waals surface area contributed by atoms with Crippen LogP contribution >= 0.6 is 0 Å². The van der Waals surface area contributed by atoms with Crippen molar-refractivity contribution in [3.63, 3.8) is 0 Å². The predicted octanol–water partition coefficient (Wildman–Crippen LogP) is 1.17. The number of rotatable bonds is 4. The largest absolute Gasteiger partial charge is 0.352 e. The van der Waals surface area contributed by atoms with Crippen molar-refractivity contribution in [2.75, 3.05) is 6.54 Å². The van der Waals surface area contributed by atoms with Gasteiger partial charge in [-0.15, -0.1) is 0 Å². The van der Waals surface area contributed by atoms with Crippen LogP contribution in [0.25, 0.3) is 0 Å². The first-order valence-corrected chi connectivity index (χ1v) is 7.34. The van der Waals surface area contributed by atoms with Gasteiger partial charge < -0.3 is 5.32 Å². The number of carbonyl (C=O) groups excluding carboxylic acids is 1. The molecule has 4 rings (SSSR count). The molecule has 0 spiro atoms. The third-order valence-corrected chi connectivity index (χ3v) is 5.64. The van der Waals surface area contributed by atoms with E-state index >= 15 is 0 Å². The molecule has 4 heteroatoms. The van der Waals surface area contributed by atoms with Crippen LogP contribution in [0.5, 0.6) is 0 Å². The van der Waals surface area contributed by atoms with Crippen LogP contribution in [0.4, 0.5) is 0 Å². The zero-order valence-electron chi connectivity index (χ0n) is 11.2. The summed E-state index contributed by atoms with van der Waals surface area (Å²) in [5.74, 6) is 8.03. The average molecular weight is 251 g/mol. The van der Waals surface area contributed by atoms with Crippen LogP contribution in [0, 0.1) is 23.2 Å². The molecule has 0 aromatic rings. The first kappa shape index (κ1) is 12.4. The number of nitrogens with one attached hydrogen (secondary N) is 2. The van der Waals surface area contributed by atoms with Crippen LogP contribution in [0.15, 0.2) is 0 Å². The molecule has 4 N–H and O–H groups in total. The fourth-order valence-electron chi connectivity index (χ4n) is 5.25. The summed E-state index contributed by atoms with van der Waals surface area (Å²) in [5, 5.41) is 3.16. The fourth-order valence-corrected chi connectivity index (χ4v) is 5.25. The summed E-state index contributed by atoms with van der Waals surface area (Å²) in [4.78, 5) is 11.7. The second kappa shape index (κ2) is 4.49. The van der Waals surface area contributed by atoms with E-state index in [-0.39, 0.29) is 12.5 Å². The van der Waals surface area contributed by atoms with Gasteiger partial charge in [0.15, 0.2) is 0 Å². The summed E-state index contributed by atoms with van der Waals surface area (Å²) in [5.41, 5.74) is 2.82. The summed E-state index contributed by atoms with van der Waals surface area (Å²) in [6, 6.07) is 0.298. The Hall–Kier alpha value is -0.610. The second-order valence-corrected chi connectivity index (χ2v) is 6.95. The molecule has 4 aliphatic rings. The molecule has 0 radical (unpaired) electrons. The monoisotopic (exact) mass is 251 g/mol. The number of hydrogen-bond acceptors (Lipinski definition) is 3. The Kier molecular flexibility index (Phi) is 3.10. The zero-order chi connectivity index (χ0) is 12.8. The van der Waals surface area contributed by atoms with Gasteiger partial charge in [-0.3, -0.25) is 16.1 Å². The molecule has 4 saturated carbocycles. The summed E-state index contributed by atoms with van der Waals surface area (Å²) >= 11 is 0. The molecule has 102 valence electrons. The number of carbonyl (C=O) groups is 1. The lowest BCUT2D eigenvalue weighted by atomic mass is 9.48. The SMILES string of the molecule is CC(NC(=O)CNN)C12CC3CC(CC(C3)C1)C2. The van der Waals surface area contributed by atoms with Crippen LogP contribution in [-0.2, 0) is 4.79 Å². The third-order valence-electron chi connectivity index (χ3n) is 5.64. The van der Waals surface area contributed by atoms with Crippen LogP contribution in [0.2, 0.25) is 0 Å². The van der Waals surface area contributed by atoms with E-state index in [1.807, 2.05) is 0 Å². The third kappa shape index (κ3) is 2.05. The maximum absolute atomic E-state index is 11.7. The number of hydrogen-bond donors (Lipinski definition) is 3. The van der Waals surface area contributed by atoms with E-state index in [0.29, 0.717) is 11.5 Å². The summed E-state index contributed by atoms with van der Waals surface area (Å²) in [7, 11) is 0. The molecule has 4 aliphatic carbocycles. The molecule has 1 amide bonds. The van der Waals surface area contributed by atoms with Crippen LogP contribution in [0.1, 0.15) is 45.4 Å². The first-order valence-electron chi connectivity index (χ1n) is 7.34. The van der Waals surface area contributed by atoms with Crippen molar-refractivity contribution >= 4 is 5.91 Å². The van der Waals surface area contributed by atoms with Crippen molar-refractivity contribution < 1.29 is 4.79 Å². The summed E-state index contributed by atoms with van der Waals surface area (Å²) in [6.45, 7) is 2.41. The van der Waals surface area contributed by atoms with Crippen molar-refractivity contribution in [2.45, 2.75) is 51.5 Å². The second-order valence-electron chi connectivity index (χ2n) is 6.95. The predicted molar refractivity (Wildman–Crippen MR) is 70.4 cm³/mol. The van der Waals surface area contributed by atoms with E-state index in [4.69, 9.17) is 5.84 Å². The maximum Gasteiger partial charge on any atom is 0.235 e. The zero-order valence-corrected chi connectivity index (χ0v) is 11.2. The Morgan fingerprint density at radius 1 is 1.22 bits per heavy atom. The van der Waals surface area contributed by atoms with Crippen molar-refractivity contribution in [3.8, 4) is 0 Å². The van der Waals surface area contributed by atoms with Crippen molar-refractivity contribution in [1.29, 1.82) is 0 Å². The molecule has 0 aromatic carbocycles. The van der Waals surface area contributed by atoms with E-state index in [2.05, 4.69) is 17.7 Å². The Labute approximate surface area is 109 Å². The number of nitrogens with two attached hydrogens (primary N) is 1. The van der Waals surface area contributed by atoms with E-state index in [1.54, 1.807) is 0 Å². The number of hydrazine groups is 1. The van der Waals surface area contributed by atoms with Crippen LogP contribution in [0.3, 0.4) is 0 Å². The van der Waals surface area contributed by atoms with Gasteiger partial charge in [0.25, 0.3) is 0 Å². The van der Waals surface area contributed by atoms with Gasteiger partial charge in [-0.2, -0.15) is 0 Å². The number of amides is 1. The molecule has 4 nitrogen and oxygen atoms in total. The Bertz CT molecular complexity index is 307. The summed E-state index contributed by atoms with van der Waals surface area (Å²) < 4.78 is 0. The molecule has 1 atom stereocenters. The molecule has 18 heavy (non-hydrogen) atoms. The molecular formula is C14H25N3O. The average Bonchev–Trinajstić information content (AvgIpc) is 2.27. The van der Waals surface area contributed by atoms with Crippen molar-refractivity contribution in [1.82, 2.24) is 10.7 Å². The van der Waals surface area contributed by atoms with Gasteiger partial charge in [0.05, 0.1) is 6.54 Å². The van der Waals surface area contributed by atoms with E-state index in [9.17, 15) is 4.79 Å². The molecule has 4 fully saturated rings. The van der Waals surface area contributed by atoms with Crippen LogP contribution in [-0.4, -0.2) is 18.5 Å². The van der Waals surface area contributed by atoms with Gasteiger partial charge in [-0.05, 0) is 68.6 Å². The van der Waals surface area contributed by atoms with Gasteiger partial charge in [0, 0.05) is 6.04 Å². The molecule has 0 aliphatic heterocycles. The molecule has 0 aromatic heterocycles. The lowest BCUT2D eigenvalue weighted by molar-refractivity contribution is -0.125. The maximum atomic E-state index is 11.7. The Morgan fingerprint density at radius 3 is 2.17 bits per heavy atom. The van der Waals surface area contributed by atoms with E-state index < -0.39 is 0 Å². The normalized spacial score (nSPS) is 42.9. The minimum atomic E-state index is 0.0285. The molecule has 0 saturated heterocycles. The van der Waals surface area contributed by atoms with Gasteiger partial charge >= 0.3 is 0 Å². The minimum absolute atomic E-state index is 0.0285. The van der Waals surface area contributed by atoms with Crippen molar-refractivity contribution in [2.24, 2.45) is 29.0 Å². The molecule has 4 bridgehead atoms. The standard InChI is InChI=1S/C14H25N3O/c1-9(17-13(18)8-16-15)14-5-10-2-11(6-14)4-12(3-10)7-14/h9-12,16H,2-8,15H2,1H3,(H,17,18). The Balaban J connectivity index is 1.69. The van der Waals surface area contributed by atoms with Gasteiger partial charge in [0.2, 0.25) is 5.91 Å². The topological polar surface area (TPSA) is 67.2 Å². The lowest BCUT2D eigenvalue weighted by Gasteiger charge is -2.59. The highest BCUT2D eigenvalue weighted by Crippen LogP contribution is 2.61. The first-order chi connectivity index (χ1) is 8.61. The molecular weight excluding hydrogens is 226 g/mol. The van der Waals surface area contributed by atoms with Crippen LogP contribution < -0.4 is 16.6 Å². The highest BCUT2D eigenvalue weighted by Gasteiger charge is 2.53.